The summed E-state index contributed by atoms with van der Waals surface area (Å²) in [4.78, 5) is 27.3. The Hall–Kier alpha value is -2.33. The van der Waals surface area contributed by atoms with E-state index in [1.807, 2.05) is 57.2 Å². The molecule has 144 valence electrons. The first-order valence-electron chi connectivity index (χ1n) is 9.14. The zero-order chi connectivity index (χ0) is 20.0. The lowest BCUT2D eigenvalue weighted by Gasteiger charge is -2.26. The van der Waals surface area contributed by atoms with Gasteiger partial charge in [-0.15, -0.1) is 0 Å². The van der Waals surface area contributed by atoms with Gasteiger partial charge in [0.25, 0.3) is 5.91 Å². The van der Waals surface area contributed by atoms with E-state index in [9.17, 15) is 9.59 Å². The molecule has 0 aromatic heterocycles. The Morgan fingerprint density at radius 3 is 2.33 bits per heavy atom. The van der Waals surface area contributed by atoms with Gasteiger partial charge in [-0.05, 0) is 42.5 Å². The third-order valence-electron chi connectivity index (χ3n) is 4.44. The lowest BCUT2D eigenvalue weighted by molar-refractivity contribution is -0.132. The Morgan fingerprint density at radius 1 is 1.07 bits per heavy atom. The average molecular weight is 387 g/mol. The van der Waals surface area contributed by atoms with Crippen LogP contribution >= 0.6 is 11.6 Å². The van der Waals surface area contributed by atoms with Gasteiger partial charge < -0.3 is 10.2 Å². The van der Waals surface area contributed by atoms with Crippen LogP contribution in [0.1, 0.15) is 41.8 Å². The molecule has 0 aliphatic heterocycles. The quantitative estimate of drug-likeness (QED) is 0.764. The van der Waals surface area contributed by atoms with E-state index in [-0.39, 0.29) is 17.7 Å². The SMILES string of the molecule is Cc1ccccc1C(=O)NC(CC(C)C)C(=O)N(C)Cc1ccccc1Cl. The number of hydrogen-bond donors (Lipinski definition) is 1. The molecular formula is C22H27ClN2O2. The van der Waals surface area contributed by atoms with Crippen LogP contribution in [0.3, 0.4) is 0 Å². The summed E-state index contributed by atoms with van der Waals surface area (Å²) < 4.78 is 0. The Kier molecular flexibility index (Phi) is 7.43. The molecule has 1 atom stereocenters. The van der Waals surface area contributed by atoms with Gasteiger partial charge in [0.05, 0.1) is 0 Å². The normalized spacial score (nSPS) is 11.9. The molecule has 0 aliphatic carbocycles. The van der Waals surface area contributed by atoms with E-state index in [0.717, 1.165) is 11.1 Å². The molecule has 0 aliphatic rings. The fourth-order valence-corrected chi connectivity index (χ4v) is 3.18. The second kappa shape index (κ2) is 9.56. The maximum atomic E-state index is 13.0. The Morgan fingerprint density at radius 2 is 1.70 bits per heavy atom. The molecule has 2 aromatic rings. The smallest absolute Gasteiger partial charge is 0.252 e. The molecule has 0 spiro atoms. The van der Waals surface area contributed by atoms with Gasteiger partial charge in [-0.25, -0.2) is 0 Å². The standard InChI is InChI=1S/C22H27ClN2O2/c1-15(2)13-20(24-21(26)18-11-7-5-9-16(18)3)22(27)25(4)14-17-10-6-8-12-19(17)23/h5-12,15,20H,13-14H2,1-4H3,(H,24,26). The summed E-state index contributed by atoms with van der Waals surface area (Å²) in [6, 6.07) is 14.3. The van der Waals surface area contributed by atoms with Crippen LogP contribution in [0, 0.1) is 12.8 Å². The summed E-state index contributed by atoms with van der Waals surface area (Å²) in [6.45, 7) is 6.35. The number of halogens is 1. The van der Waals surface area contributed by atoms with E-state index in [1.54, 1.807) is 24.1 Å². The monoisotopic (exact) mass is 386 g/mol. The summed E-state index contributed by atoms with van der Waals surface area (Å²) >= 11 is 6.21. The van der Waals surface area contributed by atoms with Gasteiger partial charge in [0.2, 0.25) is 5.91 Å². The maximum absolute atomic E-state index is 13.0. The number of likely N-dealkylation sites (N-methyl/N-ethyl adjacent to an activating group) is 1. The van der Waals surface area contributed by atoms with Crippen LogP contribution in [0.4, 0.5) is 0 Å². The zero-order valence-electron chi connectivity index (χ0n) is 16.3. The molecule has 2 amide bonds. The van der Waals surface area contributed by atoms with E-state index in [1.165, 1.54) is 0 Å². The number of carbonyl (C=O) groups is 2. The van der Waals surface area contributed by atoms with E-state index in [4.69, 9.17) is 11.6 Å². The van der Waals surface area contributed by atoms with Crippen molar-refractivity contribution >= 4 is 23.4 Å². The number of nitrogens with zero attached hydrogens (tertiary/aromatic N) is 1. The molecule has 2 aromatic carbocycles. The predicted octanol–water partition coefficient (Wildman–Crippen LogP) is 4.45. The highest BCUT2D eigenvalue weighted by molar-refractivity contribution is 6.31. The minimum atomic E-state index is -0.579. The third-order valence-corrected chi connectivity index (χ3v) is 4.81. The number of benzene rings is 2. The summed E-state index contributed by atoms with van der Waals surface area (Å²) in [5, 5.41) is 3.55. The molecule has 2 rings (SSSR count). The van der Waals surface area contributed by atoms with E-state index >= 15 is 0 Å². The van der Waals surface area contributed by atoms with Crippen LogP contribution in [0.5, 0.6) is 0 Å². The molecule has 1 unspecified atom stereocenters. The zero-order valence-corrected chi connectivity index (χ0v) is 17.1. The van der Waals surface area contributed by atoms with Crippen molar-refractivity contribution in [1.82, 2.24) is 10.2 Å². The van der Waals surface area contributed by atoms with Crippen LogP contribution in [0.2, 0.25) is 5.02 Å². The van der Waals surface area contributed by atoms with Crippen molar-refractivity contribution in [1.29, 1.82) is 0 Å². The van der Waals surface area contributed by atoms with Gasteiger partial charge in [0, 0.05) is 24.2 Å². The van der Waals surface area contributed by atoms with E-state index in [0.29, 0.717) is 23.6 Å². The minimum absolute atomic E-state index is 0.120. The van der Waals surface area contributed by atoms with Gasteiger partial charge in [-0.1, -0.05) is 61.8 Å². The molecule has 4 nitrogen and oxygen atoms in total. The second-order valence-corrected chi connectivity index (χ2v) is 7.66. The van der Waals surface area contributed by atoms with Crippen molar-refractivity contribution in [2.75, 3.05) is 7.05 Å². The van der Waals surface area contributed by atoms with Gasteiger partial charge in [-0.2, -0.15) is 0 Å². The minimum Gasteiger partial charge on any atom is -0.340 e. The highest BCUT2D eigenvalue weighted by Gasteiger charge is 2.26. The topological polar surface area (TPSA) is 49.4 Å². The number of amides is 2. The lowest BCUT2D eigenvalue weighted by Crippen LogP contribution is -2.48. The number of hydrogen-bond acceptors (Lipinski definition) is 2. The van der Waals surface area contributed by atoms with Crippen LogP contribution in [-0.2, 0) is 11.3 Å². The van der Waals surface area contributed by atoms with Crippen LogP contribution in [-0.4, -0.2) is 29.8 Å². The molecule has 1 N–H and O–H groups in total. The van der Waals surface area contributed by atoms with Crippen molar-refractivity contribution in [3.63, 3.8) is 0 Å². The number of aryl methyl sites for hydroxylation is 1. The molecular weight excluding hydrogens is 360 g/mol. The van der Waals surface area contributed by atoms with Crippen molar-refractivity contribution in [3.05, 3.63) is 70.2 Å². The highest BCUT2D eigenvalue weighted by Crippen LogP contribution is 2.18. The molecule has 5 heteroatoms. The van der Waals surface area contributed by atoms with Gasteiger partial charge in [0.15, 0.2) is 0 Å². The Labute approximate surface area is 166 Å². The van der Waals surface area contributed by atoms with Gasteiger partial charge in [0.1, 0.15) is 6.04 Å². The van der Waals surface area contributed by atoms with Crippen molar-refractivity contribution in [2.45, 2.75) is 39.8 Å². The first-order valence-corrected chi connectivity index (χ1v) is 9.52. The fourth-order valence-electron chi connectivity index (χ4n) is 2.98. The molecule has 27 heavy (non-hydrogen) atoms. The van der Waals surface area contributed by atoms with Crippen molar-refractivity contribution in [3.8, 4) is 0 Å². The van der Waals surface area contributed by atoms with E-state index < -0.39 is 6.04 Å². The van der Waals surface area contributed by atoms with Crippen molar-refractivity contribution in [2.24, 2.45) is 5.92 Å². The van der Waals surface area contributed by atoms with Crippen molar-refractivity contribution < 1.29 is 9.59 Å². The average Bonchev–Trinajstić information content (AvgIpc) is 2.62. The summed E-state index contributed by atoms with van der Waals surface area (Å²) in [7, 11) is 1.74. The molecule has 0 fully saturated rings. The Bertz CT molecular complexity index is 804. The van der Waals surface area contributed by atoms with Crippen LogP contribution < -0.4 is 5.32 Å². The van der Waals surface area contributed by atoms with E-state index in [2.05, 4.69) is 5.32 Å². The molecule has 0 saturated carbocycles. The number of rotatable bonds is 7. The van der Waals surface area contributed by atoms with Gasteiger partial charge in [-0.3, -0.25) is 9.59 Å². The predicted molar refractivity (Wildman–Crippen MR) is 110 cm³/mol. The first-order chi connectivity index (χ1) is 12.8. The maximum Gasteiger partial charge on any atom is 0.252 e. The van der Waals surface area contributed by atoms with Crippen LogP contribution in [0.15, 0.2) is 48.5 Å². The molecule has 0 radical (unpaired) electrons. The van der Waals surface area contributed by atoms with Gasteiger partial charge >= 0.3 is 0 Å². The lowest BCUT2D eigenvalue weighted by atomic mass is 10.0. The third kappa shape index (κ3) is 5.83. The number of nitrogens with one attached hydrogen (secondary N) is 1. The molecule has 0 saturated heterocycles. The summed E-state index contributed by atoms with van der Waals surface area (Å²) in [5.41, 5.74) is 2.35. The molecule has 0 heterocycles. The summed E-state index contributed by atoms with van der Waals surface area (Å²) in [6.07, 6.45) is 0.573. The first kappa shape index (κ1) is 21.0. The highest BCUT2D eigenvalue weighted by atomic mass is 35.5. The summed E-state index contributed by atoms with van der Waals surface area (Å²) in [5.74, 6) is -0.0753. The Balaban J connectivity index is 2.14. The second-order valence-electron chi connectivity index (χ2n) is 7.26. The largest absolute Gasteiger partial charge is 0.340 e. The fraction of sp³-hybridized carbons (Fsp3) is 0.364. The molecule has 0 bridgehead atoms. The number of carbonyl (C=O) groups excluding carboxylic acids is 2. The van der Waals surface area contributed by atoms with Crippen LogP contribution in [0.25, 0.3) is 0 Å².